The van der Waals surface area contributed by atoms with Gasteiger partial charge in [0.15, 0.2) is 0 Å². The van der Waals surface area contributed by atoms with Gasteiger partial charge in [0.05, 0.1) is 6.04 Å². The van der Waals surface area contributed by atoms with E-state index in [9.17, 15) is 4.79 Å². The number of amides is 1. The lowest BCUT2D eigenvalue weighted by Crippen LogP contribution is -2.37. The van der Waals surface area contributed by atoms with Gasteiger partial charge in [-0.2, -0.15) is 0 Å². The van der Waals surface area contributed by atoms with Gasteiger partial charge in [-0.15, -0.1) is 22.0 Å². The number of carbonyl (C=O) groups excluding carboxylic acids is 1. The van der Waals surface area contributed by atoms with Crippen molar-refractivity contribution in [2.75, 3.05) is 16.9 Å². The summed E-state index contributed by atoms with van der Waals surface area (Å²) in [5.41, 5.74) is 0. The highest BCUT2D eigenvalue weighted by atomic mass is 32.2. The minimum absolute atomic E-state index is 0.0221. The average molecular weight is 230 g/mol. The third kappa shape index (κ3) is 2.23. The maximum Gasteiger partial charge on any atom is 0.244 e. The summed E-state index contributed by atoms with van der Waals surface area (Å²) in [6.45, 7) is 1.86. The lowest BCUT2D eigenvalue weighted by molar-refractivity contribution is -0.117. The Hall–Kier alpha value is -0.660. The number of nitrogens with one attached hydrogen (secondary N) is 2. The molecule has 0 aliphatic carbocycles. The van der Waals surface area contributed by atoms with Crippen LogP contribution in [0.1, 0.15) is 5.01 Å². The Morgan fingerprint density at radius 2 is 2.50 bits per heavy atom. The second-order valence-corrected chi connectivity index (χ2v) is 5.10. The van der Waals surface area contributed by atoms with E-state index in [1.54, 1.807) is 11.8 Å². The van der Waals surface area contributed by atoms with Crippen LogP contribution in [-0.2, 0) is 4.79 Å². The highest BCUT2D eigenvalue weighted by Crippen LogP contribution is 2.16. The van der Waals surface area contributed by atoms with Gasteiger partial charge in [0, 0.05) is 11.6 Å². The molecule has 0 bridgehead atoms. The van der Waals surface area contributed by atoms with E-state index in [0.29, 0.717) is 5.13 Å². The number of aryl methyl sites for hydroxylation is 1. The molecule has 1 aliphatic heterocycles. The maximum absolute atomic E-state index is 11.6. The molecule has 1 aromatic rings. The Balaban J connectivity index is 1.93. The van der Waals surface area contributed by atoms with Crippen molar-refractivity contribution in [2.45, 2.75) is 13.0 Å². The van der Waals surface area contributed by atoms with E-state index in [2.05, 4.69) is 20.8 Å². The minimum atomic E-state index is -0.0933. The first-order chi connectivity index (χ1) is 6.75. The fourth-order valence-corrected chi connectivity index (χ4v) is 2.64. The minimum Gasteiger partial charge on any atom is -0.299 e. The van der Waals surface area contributed by atoms with Gasteiger partial charge < -0.3 is 0 Å². The fourth-order valence-electron chi connectivity index (χ4n) is 1.10. The van der Waals surface area contributed by atoms with Crippen LogP contribution in [0.4, 0.5) is 5.13 Å². The van der Waals surface area contributed by atoms with Crippen LogP contribution in [0.5, 0.6) is 0 Å². The van der Waals surface area contributed by atoms with Crippen molar-refractivity contribution in [3.8, 4) is 0 Å². The van der Waals surface area contributed by atoms with Gasteiger partial charge in [0.2, 0.25) is 11.0 Å². The number of nitrogens with zero attached hydrogens (tertiary/aromatic N) is 2. The SMILES string of the molecule is Cc1nnc(NC(=O)C2CSCN2)s1. The van der Waals surface area contributed by atoms with Crippen LogP contribution in [0.2, 0.25) is 0 Å². The van der Waals surface area contributed by atoms with Crippen LogP contribution in [0.15, 0.2) is 0 Å². The van der Waals surface area contributed by atoms with E-state index < -0.39 is 0 Å². The average Bonchev–Trinajstić information content (AvgIpc) is 2.75. The van der Waals surface area contributed by atoms with Crippen molar-refractivity contribution in [1.29, 1.82) is 0 Å². The van der Waals surface area contributed by atoms with Crippen molar-refractivity contribution in [3.63, 3.8) is 0 Å². The van der Waals surface area contributed by atoms with E-state index in [1.165, 1.54) is 11.3 Å². The molecule has 14 heavy (non-hydrogen) atoms. The Labute approximate surface area is 89.7 Å². The standard InChI is InChI=1S/C7H10N4OS2/c1-4-10-11-7(14-4)9-6(12)5-2-13-3-8-5/h5,8H,2-3H2,1H3,(H,9,11,12). The first-order valence-corrected chi connectivity index (χ1v) is 6.15. The second kappa shape index (κ2) is 4.24. The summed E-state index contributed by atoms with van der Waals surface area (Å²) in [6, 6.07) is -0.0933. The van der Waals surface area contributed by atoms with Crippen LogP contribution in [0.25, 0.3) is 0 Å². The van der Waals surface area contributed by atoms with Gasteiger partial charge in [0.1, 0.15) is 5.01 Å². The highest BCUT2D eigenvalue weighted by Gasteiger charge is 2.23. The largest absolute Gasteiger partial charge is 0.299 e. The number of carbonyl (C=O) groups is 1. The van der Waals surface area contributed by atoms with Crippen molar-refractivity contribution in [1.82, 2.24) is 15.5 Å². The normalized spacial score (nSPS) is 21.1. The molecule has 76 valence electrons. The first kappa shape index (κ1) is 9.88. The van der Waals surface area contributed by atoms with Gasteiger partial charge in [-0.05, 0) is 6.92 Å². The third-order valence-electron chi connectivity index (χ3n) is 1.79. The Morgan fingerprint density at radius 1 is 1.64 bits per heavy atom. The zero-order chi connectivity index (χ0) is 9.97. The molecule has 1 unspecified atom stereocenters. The van der Waals surface area contributed by atoms with Crippen LogP contribution in [0, 0.1) is 6.92 Å². The molecule has 1 atom stereocenters. The molecule has 2 N–H and O–H groups in total. The lowest BCUT2D eigenvalue weighted by Gasteiger charge is -2.06. The first-order valence-electron chi connectivity index (χ1n) is 4.18. The summed E-state index contributed by atoms with van der Waals surface area (Å²) in [7, 11) is 0. The van der Waals surface area contributed by atoms with Gasteiger partial charge in [-0.3, -0.25) is 15.4 Å². The number of hydrogen-bond donors (Lipinski definition) is 2. The summed E-state index contributed by atoms with van der Waals surface area (Å²) in [4.78, 5) is 11.6. The molecule has 0 aromatic carbocycles. The molecule has 1 saturated heterocycles. The van der Waals surface area contributed by atoms with Crippen molar-refractivity contribution in [3.05, 3.63) is 5.01 Å². The third-order valence-corrected chi connectivity index (χ3v) is 3.48. The molecule has 2 heterocycles. The second-order valence-electron chi connectivity index (χ2n) is 2.89. The highest BCUT2D eigenvalue weighted by molar-refractivity contribution is 7.99. The molecular formula is C7H10N4OS2. The molecule has 0 radical (unpaired) electrons. The van der Waals surface area contributed by atoms with E-state index in [4.69, 9.17) is 0 Å². The van der Waals surface area contributed by atoms with Gasteiger partial charge >= 0.3 is 0 Å². The lowest BCUT2D eigenvalue weighted by atomic mass is 10.3. The van der Waals surface area contributed by atoms with E-state index in [0.717, 1.165) is 16.6 Å². The molecule has 1 aliphatic rings. The molecule has 2 rings (SSSR count). The summed E-state index contributed by atoms with van der Waals surface area (Å²) in [5, 5.41) is 14.9. The van der Waals surface area contributed by atoms with Crippen molar-refractivity contribution in [2.24, 2.45) is 0 Å². The van der Waals surface area contributed by atoms with Crippen LogP contribution in [-0.4, -0.2) is 33.8 Å². The zero-order valence-corrected chi connectivity index (χ0v) is 9.24. The molecule has 1 aromatic heterocycles. The van der Waals surface area contributed by atoms with E-state index in [1.807, 2.05) is 6.92 Å². The number of thioether (sulfide) groups is 1. The fraction of sp³-hybridized carbons (Fsp3) is 0.571. The molecule has 7 heteroatoms. The van der Waals surface area contributed by atoms with Crippen molar-refractivity contribution >= 4 is 34.1 Å². The van der Waals surface area contributed by atoms with Crippen LogP contribution < -0.4 is 10.6 Å². The number of anilines is 1. The maximum atomic E-state index is 11.6. The van der Waals surface area contributed by atoms with Crippen LogP contribution >= 0.6 is 23.1 Å². The van der Waals surface area contributed by atoms with Gasteiger partial charge in [-0.25, -0.2) is 0 Å². The summed E-state index contributed by atoms with van der Waals surface area (Å²) < 4.78 is 0. The zero-order valence-electron chi connectivity index (χ0n) is 7.61. The van der Waals surface area contributed by atoms with Crippen LogP contribution in [0.3, 0.4) is 0 Å². The Kier molecular flexibility index (Phi) is 2.99. The summed E-state index contributed by atoms with van der Waals surface area (Å²) in [5.74, 6) is 1.64. The molecular weight excluding hydrogens is 220 g/mol. The predicted octanol–water partition coefficient (Wildman–Crippen LogP) is 0.448. The van der Waals surface area contributed by atoms with Crippen molar-refractivity contribution < 1.29 is 4.79 Å². The number of aromatic nitrogens is 2. The molecule has 0 saturated carbocycles. The van der Waals surface area contributed by atoms with E-state index >= 15 is 0 Å². The Bertz CT molecular complexity index is 334. The smallest absolute Gasteiger partial charge is 0.244 e. The molecule has 1 amide bonds. The molecule has 1 fully saturated rings. The summed E-state index contributed by atoms with van der Waals surface area (Å²) >= 11 is 3.11. The molecule has 5 nitrogen and oxygen atoms in total. The topological polar surface area (TPSA) is 66.9 Å². The van der Waals surface area contributed by atoms with Gasteiger partial charge in [-0.1, -0.05) is 11.3 Å². The Morgan fingerprint density at radius 3 is 3.07 bits per heavy atom. The van der Waals surface area contributed by atoms with Gasteiger partial charge in [0.25, 0.3) is 0 Å². The van der Waals surface area contributed by atoms with E-state index in [-0.39, 0.29) is 11.9 Å². The predicted molar refractivity (Wildman–Crippen MR) is 57.5 cm³/mol. The monoisotopic (exact) mass is 230 g/mol. The number of rotatable bonds is 2. The number of hydrogen-bond acceptors (Lipinski definition) is 6. The quantitative estimate of drug-likeness (QED) is 0.772. The molecule has 0 spiro atoms. The summed E-state index contributed by atoms with van der Waals surface area (Å²) in [6.07, 6.45) is 0.